The summed E-state index contributed by atoms with van der Waals surface area (Å²) in [7, 11) is -3.35. The zero-order chi connectivity index (χ0) is 21.2. The van der Waals surface area contributed by atoms with Gasteiger partial charge < -0.3 is 10.1 Å². The van der Waals surface area contributed by atoms with Crippen LogP contribution in [-0.4, -0.2) is 44.1 Å². The van der Waals surface area contributed by atoms with Crippen LogP contribution in [0.15, 0.2) is 47.4 Å². The zero-order valence-electron chi connectivity index (χ0n) is 15.3. The summed E-state index contributed by atoms with van der Waals surface area (Å²) in [5.74, 6) is -0.845. The minimum Gasteiger partial charge on any atom is -0.482 e. The number of amides is 2. The first kappa shape index (κ1) is 20.3. The second kappa shape index (κ2) is 7.87. The van der Waals surface area contributed by atoms with E-state index >= 15 is 0 Å². The van der Waals surface area contributed by atoms with Crippen molar-refractivity contribution in [3.8, 4) is 5.75 Å². The van der Waals surface area contributed by atoms with E-state index in [1.807, 2.05) is 0 Å². The van der Waals surface area contributed by atoms with E-state index in [1.54, 1.807) is 0 Å². The Morgan fingerprint density at radius 1 is 1.24 bits per heavy atom. The molecule has 152 valence electrons. The average molecular weight is 419 g/mol. The van der Waals surface area contributed by atoms with Gasteiger partial charge in [0.05, 0.1) is 21.3 Å². The Hall–Kier alpha value is -3.47. The molecule has 0 fully saturated rings. The van der Waals surface area contributed by atoms with E-state index in [9.17, 15) is 28.1 Å². The predicted molar refractivity (Wildman–Crippen MR) is 104 cm³/mol. The van der Waals surface area contributed by atoms with Gasteiger partial charge in [0.25, 0.3) is 11.6 Å². The van der Waals surface area contributed by atoms with Gasteiger partial charge in [-0.15, -0.1) is 0 Å². The number of hydrogen-bond acceptors (Lipinski definition) is 7. The first-order valence-corrected chi connectivity index (χ1v) is 10.2. The van der Waals surface area contributed by atoms with Crippen molar-refractivity contribution in [2.45, 2.75) is 11.8 Å². The molecule has 1 aliphatic heterocycles. The molecule has 0 saturated heterocycles. The lowest BCUT2D eigenvalue weighted by atomic mass is 10.2. The minimum absolute atomic E-state index is 0.0383. The second-order valence-corrected chi connectivity index (χ2v) is 8.43. The number of non-ortho nitro benzene ring substituents is 1. The van der Waals surface area contributed by atoms with Gasteiger partial charge in [-0.2, -0.15) is 0 Å². The van der Waals surface area contributed by atoms with Gasteiger partial charge >= 0.3 is 0 Å². The quantitative estimate of drug-likeness (QED) is 0.556. The van der Waals surface area contributed by atoms with Crippen molar-refractivity contribution < 1.29 is 27.7 Å². The van der Waals surface area contributed by atoms with Gasteiger partial charge in [0, 0.05) is 17.8 Å². The summed E-state index contributed by atoms with van der Waals surface area (Å²) < 4.78 is 28.9. The Bertz CT molecular complexity index is 1080. The molecule has 2 aromatic rings. The van der Waals surface area contributed by atoms with E-state index in [4.69, 9.17) is 4.74 Å². The van der Waals surface area contributed by atoms with Crippen molar-refractivity contribution >= 4 is 38.7 Å². The van der Waals surface area contributed by atoms with E-state index in [-0.39, 0.29) is 40.9 Å². The molecule has 29 heavy (non-hydrogen) atoms. The maximum Gasteiger partial charge on any atom is 0.271 e. The molecule has 1 heterocycles. The fourth-order valence-corrected chi connectivity index (χ4v) is 3.62. The highest BCUT2D eigenvalue weighted by molar-refractivity contribution is 7.91. The molecule has 2 amide bonds. The number of sulfone groups is 1. The summed E-state index contributed by atoms with van der Waals surface area (Å²) in [6, 6.07) is 9.45. The summed E-state index contributed by atoms with van der Waals surface area (Å²) in [5.41, 5.74) is 0.250. The van der Waals surface area contributed by atoms with Gasteiger partial charge in [0.2, 0.25) is 5.91 Å². The molecule has 10 nitrogen and oxygen atoms in total. The van der Waals surface area contributed by atoms with Crippen molar-refractivity contribution in [3.05, 3.63) is 52.6 Å². The smallest absolute Gasteiger partial charge is 0.271 e. The van der Waals surface area contributed by atoms with Gasteiger partial charge in [0.15, 0.2) is 16.4 Å². The summed E-state index contributed by atoms with van der Waals surface area (Å²) in [4.78, 5) is 36.2. The maximum atomic E-state index is 12.4. The van der Waals surface area contributed by atoms with Gasteiger partial charge in [-0.3, -0.25) is 24.6 Å². The number of nitrogens with one attached hydrogen (secondary N) is 1. The van der Waals surface area contributed by atoms with Crippen LogP contribution in [0.4, 0.5) is 17.1 Å². The fraction of sp³-hybridized carbons (Fsp3) is 0.222. The van der Waals surface area contributed by atoms with Crippen molar-refractivity contribution in [2.75, 3.05) is 29.1 Å². The summed E-state index contributed by atoms with van der Waals surface area (Å²) in [6.07, 6.45) is 0. The molecular weight excluding hydrogens is 402 g/mol. The lowest BCUT2D eigenvalue weighted by molar-refractivity contribution is -0.384. The zero-order valence-corrected chi connectivity index (χ0v) is 16.1. The normalized spacial score (nSPS) is 13.4. The number of benzene rings is 2. The first-order valence-electron chi connectivity index (χ1n) is 8.55. The monoisotopic (exact) mass is 419 g/mol. The van der Waals surface area contributed by atoms with Crippen molar-refractivity contribution in [3.63, 3.8) is 0 Å². The Morgan fingerprint density at radius 2 is 1.93 bits per heavy atom. The van der Waals surface area contributed by atoms with Gasteiger partial charge in [-0.25, -0.2) is 8.42 Å². The SMILES string of the molecule is CCS(=O)(=O)c1ccc(NC(=O)CN2C(=O)COc3ccc([N+](=O)[O-])cc32)cc1. The Labute approximate surface area is 166 Å². The topological polar surface area (TPSA) is 136 Å². The molecule has 0 atom stereocenters. The van der Waals surface area contributed by atoms with Crippen LogP contribution in [0.25, 0.3) is 0 Å². The molecule has 0 radical (unpaired) electrons. The number of rotatable bonds is 6. The van der Waals surface area contributed by atoms with Gasteiger partial charge in [-0.05, 0) is 30.3 Å². The number of ether oxygens (including phenoxy) is 1. The molecule has 2 aromatic carbocycles. The average Bonchev–Trinajstić information content (AvgIpc) is 2.70. The lowest BCUT2D eigenvalue weighted by Gasteiger charge is -2.28. The highest BCUT2D eigenvalue weighted by Gasteiger charge is 2.29. The lowest BCUT2D eigenvalue weighted by Crippen LogP contribution is -2.43. The molecular formula is C18H17N3O7S. The maximum absolute atomic E-state index is 12.4. The van der Waals surface area contributed by atoms with Crippen LogP contribution >= 0.6 is 0 Å². The first-order chi connectivity index (χ1) is 13.7. The van der Waals surface area contributed by atoms with Crippen LogP contribution in [0.5, 0.6) is 5.75 Å². The number of nitro benzene ring substituents is 1. The van der Waals surface area contributed by atoms with Crippen LogP contribution < -0.4 is 15.0 Å². The van der Waals surface area contributed by atoms with Crippen LogP contribution in [0, 0.1) is 10.1 Å². The standard InChI is InChI=1S/C18H17N3O7S/c1-2-29(26,27)14-6-3-12(4-7-14)19-17(22)10-20-15-9-13(21(24)25)5-8-16(15)28-11-18(20)23/h3-9H,2,10-11H2,1H3,(H,19,22). The fourth-order valence-electron chi connectivity index (χ4n) is 2.73. The summed E-state index contributed by atoms with van der Waals surface area (Å²) in [5, 5.41) is 13.6. The summed E-state index contributed by atoms with van der Waals surface area (Å²) >= 11 is 0. The highest BCUT2D eigenvalue weighted by Crippen LogP contribution is 2.35. The molecule has 0 aromatic heterocycles. The molecule has 1 aliphatic rings. The molecule has 1 N–H and O–H groups in total. The van der Waals surface area contributed by atoms with Crippen LogP contribution in [0.1, 0.15) is 6.92 Å². The molecule has 0 spiro atoms. The molecule has 0 saturated carbocycles. The van der Waals surface area contributed by atoms with Crippen molar-refractivity contribution in [2.24, 2.45) is 0 Å². The third-order valence-corrected chi connectivity index (χ3v) is 6.03. The number of nitro groups is 1. The number of anilines is 2. The predicted octanol–water partition coefficient (Wildman–Crippen LogP) is 1.75. The number of carbonyl (C=O) groups excluding carboxylic acids is 2. The summed E-state index contributed by atoms with van der Waals surface area (Å²) in [6.45, 7) is 0.861. The Balaban J connectivity index is 1.76. The largest absolute Gasteiger partial charge is 0.482 e. The van der Waals surface area contributed by atoms with E-state index < -0.39 is 26.6 Å². The molecule has 0 bridgehead atoms. The minimum atomic E-state index is -3.35. The van der Waals surface area contributed by atoms with E-state index in [0.29, 0.717) is 5.69 Å². The molecule has 11 heteroatoms. The van der Waals surface area contributed by atoms with Crippen LogP contribution in [0.3, 0.4) is 0 Å². The molecule has 0 aliphatic carbocycles. The van der Waals surface area contributed by atoms with Crippen molar-refractivity contribution in [1.82, 2.24) is 0 Å². The number of fused-ring (bicyclic) bond motifs is 1. The van der Waals surface area contributed by atoms with E-state index in [0.717, 1.165) is 4.90 Å². The Morgan fingerprint density at radius 3 is 2.55 bits per heavy atom. The van der Waals surface area contributed by atoms with Gasteiger partial charge in [0.1, 0.15) is 12.3 Å². The van der Waals surface area contributed by atoms with E-state index in [1.165, 1.54) is 49.4 Å². The number of carbonyl (C=O) groups is 2. The van der Waals surface area contributed by atoms with E-state index in [2.05, 4.69) is 5.32 Å². The molecule has 3 rings (SSSR count). The van der Waals surface area contributed by atoms with Crippen LogP contribution in [0.2, 0.25) is 0 Å². The third kappa shape index (κ3) is 4.35. The van der Waals surface area contributed by atoms with Gasteiger partial charge in [-0.1, -0.05) is 6.92 Å². The number of hydrogen-bond donors (Lipinski definition) is 1. The third-order valence-electron chi connectivity index (χ3n) is 4.28. The second-order valence-electron chi connectivity index (χ2n) is 6.15. The highest BCUT2D eigenvalue weighted by atomic mass is 32.2. The van der Waals surface area contributed by atoms with Crippen LogP contribution in [-0.2, 0) is 19.4 Å². The Kier molecular flexibility index (Phi) is 5.50. The van der Waals surface area contributed by atoms with Crippen molar-refractivity contribution in [1.29, 1.82) is 0 Å². The number of nitrogens with zero attached hydrogens (tertiary/aromatic N) is 2. The molecule has 0 unspecified atom stereocenters.